The van der Waals surface area contributed by atoms with E-state index in [0.717, 1.165) is 11.4 Å². The highest BCUT2D eigenvalue weighted by Gasteiger charge is 2.23. The predicted molar refractivity (Wildman–Crippen MR) is 89.5 cm³/mol. The average molecular weight is 277 g/mol. The largest absolute Gasteiger partial charge is 0.291 e. The molecule has 1 rings (SSSR count). The van der Waals surface area contributed by atoms with Gasteiger partial charge in [-0.2, -0.15) is 0 Å². The van der Waals surface area contributed by atoms with Gasteiger partial charge in [-0.3, -0.25) is 10.4 Å². The first kappa shape index (κ1) is 17.1. The van der Waals surface area contributed by atoms with Crippen LogP contribution in [0, 0.1) is 16.7 Å². The fraction of sp³-hybridized carbons (Fsp3) is 0.824. The molecule has 0 aromatic rings. The number of hydrogen-bond acceptors (Lipinski definition) is 2. The van der Waals surface area contributed by atoms with Gasteiger partial charge < -0.3 is 0 Å². The minimum absolute atomic E-state index is 0.368. The number of aliphatic imine (C=N–C) groups is 2. The van der Waals surface area contributed by atoms with Crippen molar-refractivity contribution in [1.29, 1.82) is 5.41 Å². The molecule has 1 unspecified atom stereocenters. The van der Waals surface area contributed by atoms with Crippen molar-refractivity contribution >= 4 is 17.3 Å². The minimum Gasteiger partial charge on any atom is -0.291 e. The van der Waals surface area contributed by atoms with Gasteiger partial charge in [0.25, 0.3) is 0 Å². The van der Waals surface area contributed by atoms with E-state index in [-0.39, 0.29) is 0 Å². The van der Waals surface area contributed by atoms with E-state index in [1.54, 1.807) is 6.92 Å². The normalized spacial score (nSPS) is 25.6. The smallest absolute Gasteiger partial charge is 0.117 e. The van der Waals surface area contributed by atoms with E-state index < -0.39 is 0 Å². The Bertz CT molecular complexity index is 391. The van der Waals surface area contributed by atoms with Crippen LogP contribution in [0.1, 0.15) is 72.6 Å². The molecular formula is C17H31N3. The summed E-state index contributed by atoms with van der Waals surface area (Å²) in [5.74, 6) is 0.893. The van der Waals surface area contributed by atoms with E-state index in [9.17, 15) is 0 Å². The minimum atomic E-state index is 0.368. The Labute approximate surface area is 124 Å². The van der Waals surface area contributed by atoms with Gasteiger partial charge in [0, 0.05) is 13.0 Å². The van der Waals surface area contributed by atoms with Crippen LogP contribution in [0.25, 0.3) is 0 Å². The highest BCUT2D eigenvalue weighted by Crippen LogP contribution is 2.34. The SMILES string of the molecule is C/N=C(\C(C)=N/C(C)=N)C1CCCCC(C)(C)CCC1. The van der Waals surface area contributed by atoms with Crippen molar-refractivity contribution in [1.82, 2.24) is 0 Å². The summed E-state index contributed by atoms with van der Waals surface area (Å²) in [6.45, 7) is 8.51. The van der Waals surface area contributed by atoms with Crippen LogP contribution in [-0.2, 0) is 0 Å². The lowest BCUT2D eigenvalue weighted by molar-refractivity contribution is 0.293. The molecule has 3 heteroatoms. The van der Waals surface area contributed by atoms with Crippen molar-refractivity contribution in [3.8, 4) is 0 Å². The third-order valence-electron chi connectivity index (χ3n) is 4.40. The van der Waals surface area contributed by atoms with E-state index in [1.807, 2.05) is 14.0 Å². The van der Waals surface area contributed by atoms with E-state index >= 15 is 0 Å². The van der Waals surface area contributed by atoms with Crippen LogP contribution in [-0.4, -0.2) is 24.3 Å². The second-order valence-electron chi connectivity index (χ2n) is 6.89. The maximum absolute atomic E-state index is 7.53. The van der Waals surface area contributed by atoms with Gasteiger partial charge in [-0.25, -0.2) is 4.99 Å². The van der Waals surface area contributed by atoms with Crippen LogP contribution in [0.4, 0.5) is 0 Å². The van der Waals surface area contributed by atoms with Crippen molar-refractivity contribution < 1.29 is 0 Å². The topological polar surface area (TPSA) is 48.6 Å². The molecule has 114 valence electrons. The fourth-order valence-corrected chi connectivity index (χ4v) is 3.31. The monoisotopic (exact) mass is 277 g/mol. The molecule has 20 heavy (non-hydrogen) atoms. The van der Waals surface area contributed by atoms with Gasteiger partial charge in [0.1, 0.15) is 5.84 Å². The number of nitrogens with one attached hydrogen (secondary N) is 1. The quantitative estimate of drug-likeness (QED) is 0.551. The van der Waals surface area contributed by atoms with Crippen LogP contribution >= 0.6 is 0 Å². The zero-order chi connectivity index (χ0) is 15.2. The molecular weight excluding hydrogens is 246 g/mol. The van der Waals surface area contributed by atoms with Crippen LogP contribution in [0.2, 0.25) is 0 Å². The molecule has 0 bridgehead atoms. The van der Waals surface area contributed by atoms with Gasteiger partial charge in [-0.15, -0.1) is 0 Å². The Kier molecular flexibility index (Phi) is 6.57. The fourth-order valence-electron chi connectivity index (χ4n) is 3.31. The third-order valence-corrected chi connectivity index (χ3v) is 4.40. The van der Waals surface area contributed by atoms with Gasteiger partial charge in [0.05, 0.1) is 11.4 Å². The van der Waals surface area contributed by atoms with Gasteiger partial charge in [-0.05, 0) is 44.9 Å². The Balaban J connectivity index is 2.79. The van der Waals surface area contributed by atoms with Crippen LogP contribution in [0.5, 0.6) is 0 Å². The van der Waals surface area contributed by atoms with Gasteiger partial charge >= 0.3 is 0 Å². The number of nitrogens with zero attached hydrogens (tertiary/aromatic N) is 2. The second-order valence-corrected chi connectivity index (χ2v) is 6.89. The Morgan fingerprint density at radius 3 is 2.25 bits per heavy atom. The molecule has 0 radical (unpaired) electrons. The highest BCUT2D eigenvalue weighted by atomic mass is 14.8. The van der Waals surface area contributed by atoms with Gasteiger partial charge in [0.2, 0.25) is 0 Å². The van der Waals surface area contributed by atoms with Gasteiger partial charge in [0.15, 0.2) is 0 Å². The van der Waals surface area contributed by atoms with Crippen LogP contribution in [0.15, 0.2) is 9.98 Å². The molecule has 0 saturated heterocycles. The Hall–Kier alpha value is -0.990. The standard InChI is InChI=1S/C17H31N3/c1-13(20-14(2)18)16(19-5)15-9-6-7-11-17(3,4)12-8-10-15/h15,18H,6-12H2,1-5H3/b18-14?,19-16+,20-13-. The number of amidine groups is 1. The predicted octanol–water partition coefficient (Wildman–Crippen LogP) is 4.90. The molecule has 1 aliphatic rings. The molecule has 0 spiro atoms. The van der Waals surface area contributed by atoms with Crippen molar-refractivity contribution in [3.63, 3.8) is 0 Å². The summed E-state index contributed by atoms with van der Waals surface area (Å²) in [7, 11) is 1.87. The maximum atomic E-state index is 7.53. The first-order valence-electron chi connectivity index (χ1n) is 7.93. The van der Waals surface area contributed by atoms with Crippen molar-refractivity contribution in [2.75, 3.05) is 7.05 Å². The molecule has 1 aliphatic carbocycles. The third kappa shape index (κ3) is 5.56. The molecule has 0 amide bonds. The molecule has 0 aromatic carbocycles. The first-order chi connectivity index (χ1) is 9.35. The zero-order valence-electron chi connectivity index (χ0n) is 13.9. The maximum Gasteiger partial charge on any atom is 0.117 e. The van der Waals surface area contributed by atoms with E-state index in [4.69, 9.17) is 5.41 Å². The van der Waals surface area contributed by atoms with Crippen molar-refractivity contribution in [2.24, 2.45) is 21.3 Å². The summed E-state index contributed by atoms with van der Waals surface area (Å²) in [6, 6.07) is 0. The lowest BCUT2D eigenvalue weighted by atomic mass is 9.82. The Morgan fingerprint density at radius 1 is 1.05 bits per heavy atom. The van der Waals surface area contributed by atoms with E-state index in [0.29, 0.717) is 17.2 Å². The van der Waals surface area contributed by atoms with E-state index in [1.165, 1.54) is 44.9 Å². The van der Waals surface area contributed by atoms with Crippen LogP contribution < -0.4 is 0 Å². The molecule has 0 aliphatic heterocycles. The summed E-state index contributed by atoms with van der Waals surface area (Å²) in [5.41, 5.74) is 2.55. The Morgan fingerprint density at radius 2 is 1.65 bits per heavy atom. The summed E-state index contributed by atoms with van der Waals surface area (Å²) in [4.78, 5) is 8.79. The molecule has 1 saturated carbocycles. The lowest BCUT2D eigenvalue weighted by Crippen LogP contribution is -2.23. The summed E-state index contributed by atoms with van der Waals surface area (Å²) in [6.07, 6.45) is 8.94. The van der Waals surface area contributed by atoms with Gasteiger partial charge in [-0.1, -0.05) is 33.1 Å². The summed E-state index contributed by atoms with van der Waals surface area (Å²) >= 11 is 0. The average Bonchev–Trinajstić information content (AvgIpc) is 2.40. The molecule has 0 heterocycles. The molecule has 1 fully saturated rings. The molecule has 1 N–H and O–H groups in total. The first-order valence-corrected chi connectivity index (χ1v) is 7.93. The second kappa shape index (κ2) is 7.70. The van der Waals surface area contributed by atoms with E-state index in [2.05, 4.69) is 23.8 Å². The van der Waals surface area contributed by atoms with Crippen molar-refractivity contribution in [3.05, 3.63) is 0 Å². The van der Waals surface area contributed by atoms with Crippen molar-refractivity contribution in [2.45, 2.75) is 72.6 Å². The summed E-state index contributed by atoms with van der Waals surface area (Å²) in [5, 5.41) is 7.53. The number of hydrogen-bond donors (Lipinski definition) is 1. The molecule has 0 aromatic heterocycles. The highest BCUT2D eigenvalue weighted by molar-refractivity contribution is 6.43. The number of rotatable bonds is 2. The summed E-state index contributed by atoms with van der Waals surface area (Å²) < 4.78 is 0. The zero-order valence-corrected chi connectivity index (χ0v) is 13.9. The lowest BCUT2D eigenvalue weighted by Gasteiger charge is -2.23. The molecule has 1 atom stereocenters. The van der Waals surface area contributed by atoms with Crippen LogP contribution in [0.3, 0.4) is 0 Å². The molecule has 3 nitrogen and oxygen atoms in total.